The molecular weight excluding hydrogens is 294 g/mol. The van der Waals surface area contributed by atoms with E-state index in [9.17, 15) is 4.79 Å². The largest absolute Gasteiger partial charge is 0.349 e. The smallest absolute Gasteiger partial charge is 0.220 e. The molecule has 0 fully saturated rings. The van der Waals surface area contributed by atoms with Gasteiger partial charge in [0.2, 0.25) is 5.91 Å². The highest BCUT2D eigenvalue weighted by Gasteiger charge is 2.14. The van der Waals surface area contributed by atoms with Crippen molar-refractivity contribution in [2.75, 3.05) is 0 Å². The Balaban J connectivity index is 1.92. The Morgan fingerprint density at radius 2 is 1.82 bits per heavy atom. The summed E-state index contributed by atoms with van der Waals surface area (Å²) < 4.78 is 0. The lowest BCUT2D eigenvalue weighted by atomic mass is 9.99. The standard InChI is InChI=1S/C19H22ClNO/c1-3-18(17-7-5-4-6-14(17)2)21-19(22)13-10-15-8-11-16(20)12-9-15/h4-9,11-12,18H,3,10,13H2,1-2H3,(H,21,22)/t18-/m0/s1. The maximum Gasteiger partial charge on any atom is 0.220 e. The average molecular weight is 316 g/mol. The van der Waals surface area contributed by atoms with Gasteiger partial charge >= 0.3 is 0 Å². The van der Waals surface area contributed by atoms with Crippen LogP contribution in [0, 0.1) is 6.92 Å². The highest BCUT2D eigenvalue weighted by atomic mass is 35.5. The molecule has 0 aromatic heterocycles. The van der Waals surface area contributed by atoms with Gasteiger partial charge in [-0.15, -0.1) is 0 Å². The molecule has 3 heteroatoms. The number of nitrogens with one attached hydrogen (secondary N) is 1. The van der Waals surface area contributed by atoms with Crippen LogP contribution in [0.5, 0.6) is 0 Å². The molecule has 2 aromatic rings. The number of rotatable bonds is 6. The van der Waals surface area contributed by atoms with E-state index in [4.69, 9.17) is 11.6 Å². The molecule has 1 N–H and O–H groups in total. The van der Waals surface area contributed by atoms with Gasteiger partial charge in [0.05, 0.1) is 6.04 Å². The van der Waals surface area contributed by atoms with E-state index in [2.05, 4.69) is 31.3 Å². The Morgan fingerprint density at radius 3 is 2.45 bits per heavy atom. The van der Waals surface area contributed by atoms with Gasteiger partial charge < -0.3 is 5.32 Å². The normalized spacial score (nSPS) is 12.0. The zero-order valence-electron chi connectivity index (χ0n) is 13.1. The predicted octanol–water partition coefficient (Wildman–Crippen LogP) is 4.85. The lowest BCUT2D eigenvalue weighted by Crippen LogP contribution is -2.28. The van der Waals surface area contributed by atoms with E-state index in [0.29, 0.717) is 6.42 Å². The van der Waals surface area contributed by atoms with Crippen molar-refractivity contribution >= 4 is 17.5 Å². The maximum absolute atomic E-state index is 12.2. The predicted molar refractivity (Wildman–Crippen MR) is 92.1 cm³/mol. The van der Waals surface area contributed by atoms with E-state index in [-0.39, 0.29) is 11.9 Å². The Labute approximate surface area is 137 Å². The van der Waals surface area contributed by atoms with Crippen molar-refractivity contribution in [2.24, 2.45) is 0 Å². The lowest BCUT2D eigenvalue weighted by molar-refractivity contribution is -0.121. The number of amides is 1. The molecule has 0 spiro atoms. The van der Waals surface area contributed by atoms with Crippen molar-refractivity contribution in [2.45, 2.75) is 39.2 Å². The molecule has 2 nitrogen and oxygen atoms in total. The Bertz CT molecular complexity index is 622. The molecule has 0 bridgehead atoms. The van der Waals surface area contributed by atoms with Gasteiger partial charge in [-0.25, -0.2) is 0 Å². The number of benzene rings is 2. The molecule has 2 aromatic carbocycles. The second-order valence-electron chi connectivity index (χ2n) is 5.51. The number of halogens is 1. The van der Waals surface area contributed by atoms with E-state index in [1.165, 1.54) is 11.1 Å². The minimum atomic E-state index is 0.0823. The molecule has 0 aliphatic carbocycles. The SMILES string of the molecule is CC[C@H](NC(=O)CCc1ccc(Cl)cc1)c1ccccc1C. The monoisotopic (exact) mass is 315 g/mol. The second kappa shape index (κ2) is 8.00. The van der Waals surface area contributed by atoms with E-state index in [1.807, 2.05) is 36.4 Å². The molecule has 1 atom stereocenters. The van der Waals surface area contributed by atoms with Gasteiger partial charge in [-0.05, 0) is 48.6 Å². The molecule has 0 heterocycles. The third-order valence-corrected chi connectivity index (χ3v) is 4.11. The van der Waals surface area contributed by atoms with Gasteiger partial charge in [0, 0.05) is 11.4 Å². The zero-order valence-corrected chi connectivity index (χ0v) is 13.9. The molecule has 0 radical (unpaired) electrons. The molecule has 116 valence electrons. The minimum absolute atomic E-state index is 0.0823. The van der Waals surface area contributed by atoms with Gasteiger partial charge in [-0.2, -0.15) is 0 Å². The molecule has 2 rings (SSSR count). The molecule has 1 amide bonds. The first-order valence-electron chi connectivity index (χ1n) is 7.69. The molecular formula is C19H22ClNO. The van der Waals surface area contributed by atoms with Gasteiger partial charge in [0.15, 0.2) is 0 Å². The fourth-order valence-corrected chi connectivity index (χ4v) is 2.68. The summed E-state index contributed by atoms with van der Waals surface area (Å²) in [5.74, 6) is 0.0880. The Hall–Kier alpha value is -1.80. The Morgan fingerprint density at radius 1 is 1.14 bits per heavy atom. The number of aryl methyl sites for hydroxylation is 2. The van der Waals surface area contributed by atoms with Crippen LogP contribution in [-0.2, 0) is 11.2 Å². The van der Waals surface area contributed by atoms with E-state index >= 15 is 0 Å². The third-order valence-electron chi connectivity index (χ3n) is 3.86. The Kier molecular flexibility index (Phi) is 6.02. The first kappa shape index (κ1) is 16.6. The van der Waals surface area contributed by atoms with Crippen molar-refractivity contribution in [1.82, 2.24) is 5.32 Å². The molecule has 0 saturated carbocycles. The summed E-state index contributed by atoms with van der Waals surface area (Å²) in [6.45, 7) is 4.18. The van der Waals surface area contributed by atoms with Crippen molar-refractivity contribution in [3.05, 3.63) is 70.2 Å². The quantitative estimate of drug-likeness (QED) is 0.811. The highest BCUT2D eigenvalue weighted by Crippen LogP contribution is 2.20. The summed E-state index contributed by atoms with van der Waals surface area (Å²) in [6, 6.07) is 15.9. The van der Waals surface area contributed by atoms with Gasteiger partial charge in [-0.3, -0.25) is 4.79 Å². The van der Waals surface area contributed by atoms with Crippen LogP contribution >= 0.6 is 11.6 Å². The summed E-state index contributed by atoms with van der Waals surface area (Å²) in [5.41, 5.74) is 3.54. The van der Waals surface area contributed by atoms with Crippen molar-refractivity contribution in [3.63, 3.8) is 0 Å². The van der Waals surface area contributed by atoms with Gasteiger partial charge in [0.25, 0.3) is 0 Å². The fourth-order valence-electron chi connectivity index (χ4n) is 2.55. The highest BCUT2D eigenvalue weighted by molar-refractivity contribution is 6.30. The first-order valence-corrected chi connectivity index (χ1v) is 8.07. The van der Waals surface area contributed by atoms with Crippen LogP contribution in [0.15, 0.2) is 48.5 Å². The van der Waals surface area contributed by atoms with Gasteiger partial charge in [-0.1, -0.05) is 54.9 Å². The number of carbonyl (C=O) groups is 1. The van der Waals surface area contributed by atoms with Crippen LogP contribution in [-0.4, -0.2) is 5.91 Å². The van der Waals surface area contributed by atoms with Crippen LogP contribution in [0.25, 0.3) is 0 Å². The summed E-state index contributed by atoms with van der Waals surface area (Å²) in [6.07, 6.45) is 2.11. The molecule has 0 unspecified atom stereocenters. The molecule has 0 saturated heterocycles. The van der Waals surface area contributed by atoms with E-state index in [1.54, 1.807) is 0 Å². The molecule has 0 aliphatic rings. The topological polar surface area (TPSA) is 29.1 Å². The number of hydrogen-bond acceptors (Lipinski definition) is 1. The summed E-state index contributed by atoms with van der Waals surface area (Å²) in [5, 5.41) is 3.86. The van der Waals surface area contributed by atoms with Crippen molar-refractivity contribution in [3.8, 4) is 0 Å². The number of hydrogen-bond donors (Lipinski definition) is 1. The van der Waals surface area contributed by atoms with Crippen LogP contribution in [0.2, 0.25) is 5.02 Å². The van der Waals surface area contributed by atoms with Crippen molar-refractivity contribution in [1.29, 1.82) is 0 Å². The fraction of sp³-hybridized carbons (Fsp3) is 0.316. The van der Waals surface area contributed by atoms with Crippen LogP contribution in [0.1, 0.15) is 42.5 Å². The van der Waals surface area contributed by atoms with Crippen LogP contribution in [0.4, 0.5) is 0 Å². The zero-order chi connectivity index (χ0) is 15.9. The van der Waals surface area contributed by atoms with E-state index in [0.717, 1.165) is 23.4 Å². The first-order chi connectivity index (χ1) is 10.6. The number of carbonyl (C=O) groups excluding carboxylic acids is 1. The maximum atomic E-state index is 12.2. The van der Waals surface area contributed by atoms with Crippen molar-refractivity contribution < 1.29 is 4.79 Å². The summed E-state index contributed by atoms with van der Waals surface area (Å²) in [4.78, 5) is 12.2. The van der Waals surface area contributed by atoms with Crippen LogP contribution in [0.3, 0.4) is 0 Å². The molecule has 0 aliphatic heterocycles. The summed E-state index contributed by atoms with van der Waals surface area (Å²) in [7, 11) is 0. The second-order valence-corrected chi connectivity index (χ2v) is 5.95. The van der Waals surface area contributed by atoms with E-state index < -0.39 is 0 Å². The van der Waals surface area contributed by atoms with Crippen LogP contribution < -0.4 is 5.32 Å². The summed E-state index contributed by atoms with van der Waals surface area (Å²) >= 11 is 5.87. The average Bonchev–Trinajstić information content (AvgIpc) is 2.53. The van der Waals surface area contributed by atoms with Gasteiger partial charge in [0.1, 0.15) is 0 Å². The lowest BCUT2D eigenvalue weighted by Gasteiger charge is -2.19. The minimum Gasteiger partial charge on any atom is -0.349 e. The third kappa shape index (κ3) is 4.60. The molecule has 22 heavy (non-hydrogen) atoms.